The highest BCUT2D eigenvalue weighted by molar-refractivity contribution is 5.94. The van der Waals surface area contributed by atoms with Crippen molar-refractivity contribution in [2.24, 2.45) is 0 Å². The van der Waals surface area contributed by atoms with E-state index in [0.29, 0.717) is 38.5 Å². The maximum absolute atomic E-state index is 12.3. The number of carbonyl (C=O) groups excluding carboxylic acids is 1. The van der Waals surface area contributed by atoms with E-state index in [4.69, 9.17) is 14.2 Å². The molecular weight excluding hydrogens is 270 g/mol. The van der Waals surface area contributed by atoms with E-state index in [0.717, 1.165) is 25.2 Å². The third-order valence-electron chi connectivity index (χ3n) is 3.86. The minimum absolute atomic E-state index is 0.0592. The van der Waals surface area contributed by atoms with Crippen molar-refractivity contribution in [1.82, 2.24) is 4.90 Å². The monoisotopic (exact) mass is 291 g/mol. The SMILES string of the molecule is O=C(c1ccc(OC[C@H]2CCCO2)cc1)N1CCOCC1. The van der Waals surface area contributed by atoms with Crippen molar-refractivity contribution in [2.45, 2.75) is 18.9 Å². The van der Waals surface area contributed by atoms with Crippen molar-refractivity contribution < 1.29 is 19.0 Å². The summed E-state index contributed by atoms with van der Waals surface area (Å²) in [6.07, 6.45) is 2.38. The van der Waals surface area contributed by atoms with Crippen LogP contribution in [0, 0.1) is 0 Å². The highest BCUT2D eigenvalue weighted by Gasteiger charge is 2.19. The predicted molar refractivity (Wildman–Crippen MR) is 77.6 cm³/mol. The van der Waals surface area contributed by atoms with Crippen LogP contribution in [0.15, 0.2) is 24.3 Å². The van der Waals surface area contributed by atoms with Gasteiger partial charge >= 0.3 is 0 Å². The zero-order valence-corrected chi connectivity index (χ0v) is 12.1. The summed E-state index contributed by atoms with van der Waals surface area (Å²) in [6, 6.07) is 7.34. The van der Waals surface area contributed by atoms with Crippen molar-refractivity contribution in [3.8, 4) is 5.75 Å². The van der Waals surface area contributed by atoms with Crippen molar-refractivity contribution in [3.05, 3.63) is 29.8 Å². The summed E-state index contributed by atoms with van der Waals surface area (Å²) < 4.78 is 16.5. The standard InChI is InChI=1S/C16H21NO4/c18-16(17-7-10-19-11-8-17)13-3-5-14(6-4-13)21-12-15-2-1-9-20-15/h3-6,15H,1-2,7-12H2/t15-/m1/s1. The number of nitrogens with zero attached hydrogens (tertiary/aromatic N) is 1. The van der Waals surface area contributed by atoms with E-state index in [2.05, 4.69) is 0 Å². The van der Waals surface area contributed by atoms with E-state index in [-0.39, 0.29) is 12.0 Å². The molecule has 3 rings (SSSR count). The van der Waals surface area contributed by atoms with Crippen LogP contribution in [-0.2, 0) is 9.47 Å². The summed E-state index contributed by atoms with van der Waals surface area (Å²) in [4.78, 5) is 14.1. The molecule has 0 radical (unpaired) electrons. The quantitative estimate of drug-likeness (QED) is 0.847. The van der Waals surface area contributed by atoms with E-state index < -0.39 is 0 Å². The Morgan fingerprint density at radius 3 is 2.62 bits per heavy atom. The van der Waals surface area contributed by atoms with Crippen LogP contribution in [0.1, 0.15) is 23.2 Å². The summed E-state index contributed by atoms with van der Waals surface area (Å²) in [5.74, 6) is 0.841. The molecule has 0 saturated carbocycles. The second-order valence-corrected chi connectivity index (χ2v) is 5.37. The van der Waals surface area contributed by atoms with Gasteiger partial charge in [-0.3, -0.25) is 4.79 Å². The molecule has 1 aromatic carbocycles. The summed E-state index contributed by atoms with van der Waals surface area (Å²) >= 11 is 0. The van der Waals surface area contributed by atoms with Crippen LogP contribution in [0.2, 0.25) is 0 Å². The molecule has 2 saturated heterocycles. The van der Waals surface area contributed by atoms with Crippen LogP contribution in [0.4, 0.5) is 0 Å². The molecule has 0 aliphatic carbocycles. The zero-order valence-electron chi connectivity index (χ0n) is 12.1. The molecule has 1 atom stereocenters. The Bertz CT molecular complexity index is 462. The van der Waals surface area contributed by atoms with Crippen molar-refractivity contribution in [1.29, 1.82) is 0 Å². The van der Waals surface area contributed by atoms with Gasteiger partial charge in [0.05, 0.1) is 19.3 Å². The minimum Gasteiger partial charge on any atom is -0.491 e. The Hall–Kier alpha value is -1.59. The number of hydrogen-bond acceptors (Lipinski definition) is 4. The number of carbonyl (C=O) groups is 1. The molecule has 0 bridgehead atoms. The molecule has 2 aliphatic heterocycles. The number of benzene rings is 1. The highest BCUT2D eigenvalue weighted by atomic mass is 16.5. The third kappa shape index (κ3) is 3.74. The number of morpholine rings is 1. The van der Waals surface area contributed by atoms with E-state index in [9.17, 15) is 4.79 Å². The van der Waals surface area contributed by atoms with Gasteiger partial charge in [-0.05, 0) is 37.1 Å². The van der Waals surface area contributed by atoms with Gasteiger partial charge in [0.2, 0.25) is 0 Å². The molecule has 2 fully saturated rings. The Labute approximate surface area is 124 Å². The number of hydrogen-bond donors (Lipinski definition) is 0. The van der Waals surface area contributed by atoms with Crippen LogP contribution in [0.3, 0.4) is 0 Å². The average molecular weight is 291 g/mol. The van der Waals surface area contributed by atoms with Gasteiger partial charge in [-0.2, -0.15) is 0 Å². The van der Waals surface area contributed by atoms with Crippen molar-refractivity contribution in [2.75, 3.05) is 39.5 Å². The van der Waals surface area contributed by atoms with Gasteiger partial charge < -0.3 is 19.1 Å². The van der Waals surface area contributed by atoms with Gasteiger partial charge in [0, 0.05) is 25.3 Å². The number of amides is 1. The first kappa shape index (κ1) is 14.4. The fourth-order valence-corrected chi connectivity index (χ4v) is 2.61. The molecule has 0 N–H and O–H groups in total. The third-order valence-corrected chi connectivity index (χ3v) is 3.86. The average Bonchev–Trinajstić information content (AvgIpc) is 3.07. The molecule has 0 unspecified atom stereocenters. The molecule has 2 heterocycles. The fourth-order valence-electron chi connectivity index (χ4n) is 2.61. The van der Waals surface area contributed by atoms with Crippen LogP contribution in [0.5, 0.6) is 5.75 Å². The Kier molecular flexibility index (Phi) is 4.72. The maximum Gasteiger partial charge on any atom is 0.254 e. The molecule has 5 nitrogen and oxygen atoms in total. The molecule has 114 valence electrons. The van der Waals surface area contributed by atoms with Gasteiger partial charge in [0.15, 0.2) is 0 Å². The molecule has 21 heavy (non-hydrogen) atoms. The summed E-state index contributed by atoms with van der Waals surface area (Å²) in [5.41, 5.74) is 0.696. The molecule has 1 aromatic rings. The smallest absolute Gasteiger partial charge is 0.254 e. The first-order valence-electron chi connectivity index (χ1n) is 7.54. The zero-order chi connectivity index (χ0) is 14.5. The van der Waals surface area contributed by atoms with E-state index >= 15 is 0 Å². The lowest BCUT2D eigenvalue weighted by Gasteiger charge is -2.26. The lowest BCUT2D eigenvalue weighted by molar-refractivity contribution is 0.0303. The molecule has 1 amide bonds. The van der Waals surface area contributed by atoms with Crippen molar-refractivity contribution >= 4 is 5.91 Å². The van der Waals surface area contributed by atoms with E-state index in [1.54, 1.807) is 0 Å². The molecule has 0 spiro atoms. The van der Waals surface area contributed by atoms with Gasteiger partial charge in [0.25, 0.3) is 5.91 Å². The van der Waals surface area contributed by atoms with Crippen LogP contribution >= 0.6 is 0 Å². The molecular formula is C16H21NO4. The summed E-state index contributed by atoms with van der Waals surface area (Å²) in [6.45, 7) is 3.98. The first-order valence-corrected chi connectivity index (χ1v) is 7.54. The topological polar surface area (TPSA) is 48.0 Å². The van der Waals surface area contributed by atoms with Crippen LogP contribution in [0.25, 0.3) is 0 Å². The van der Waals surface area contributed by atoms with Gasteiger partial charge in [-0.25, -0.2) is 0 Å². The highest BCUT2D eigenvalue weighted by Crippen LogP contribution is 2.17. The van der Waals surface area contributed by atoms with E-state index in [1.165, 1.54) is 0 Å². The first-order chi connectivity index (χ1) is 10.3. The van der Waals surface area contributed by atoms with Gasteiger partial charge in [0.1, 0.15) is 12.4 Å². The lowest BCUT2D eigenvalue weighted by Crippen LogP contribution is -2.40. The Balaban J connectivity index is 1.54. The number of ether oxygens (including phenoxy) is 3. The second-order valence-electron chi connectivity index (χ2n) is 5.37. The van der Waals surface area contributed by atoms with Gasteiger partial charge in [-0.1, -0.05) is 0 Å². The molecule has 0 aromatic heterocycles. The normalized spacial score (nSPS) is 22.3. The van der Waals surface area contributed by atoms with Crippen LogP contribution in [-0.4, -0.2) is 56.4 Å². The fraction of sp³-hybridized carbons (Fsp3) is 0.562. The van der Waals surface area contributed by atoms with Crippen molar-refractivity contribution in [3.63, 3.8) is 0 Å². The molecule has 5 heteroatoms. The second kappa shape index (κ2) is 6.91. The maximum atomic E-state index is 12.3. The van der Waals surface area contributed by atoms with Gasteiger partial charge in [-0.15, -0.1) is 0 Å². The number of rotatable bonds is 4. The predicted octanol–water partition coefficient (Wildman–Crippen LogP) is 1.72. The Morgan fingerprint density at radius 1 is 1.19 bits per heavy atom. The minimum atomic E-state index is 0.0592. The summed E-state index contributed by atoms with van der Waals surface area (Å²) in [5, 5.41) is 0. The van der Waals surface area contributed by atoms with Crippen LogP contribution < -0.4 is 4.74 Å². The largest absolute Gasteiger partial charge is 0.491 e. The van der Waals surface area contributed by atoms with E-state index in [1.807, 2.05) is 29.2 Å². The lowest BCUT2D eigenvalue weighted by atomic mass is 10.2. The summed E-state index contributed by atoms with van der Waals surface area (Å²) in [7, 11) is 0. The Morgan fingerprint density at radius 2 is 1.95 bits per heavy atom. The molecule has 2 aliphatic rings.